The molecule has 2 saturated carbocycles. The van der Waals surface area contributed by atoms with E-state index in [0.717, 1.165) is 18.4 Å². The Morgan fingerprint density at radius 1 is 1.04 bits per heavy atom. The van der Waals surface area contributed by atoms with Crippen LogP contribution in [0.15, 0.2) is 30.3 Å². The Labute approximate surface area is 134 Å². The minimum absolute atomic E-state index is 0.133. The summed E-state index contributed by atoms with van der Waals surface area (Å²) in [7, 11) is 0. The summed E-state index contributed by atoms with van der Waals surface area (Å²) in [5.74, 6) is -3.15. The maximum Gasteiger partial charge on any atom is 0.224 e. The summed E-state index contributed by atoms with van der Waals surface area (Å²) in [5, 5.41) is 0. The Hall–Kier alpha value is -2.30. The van der Waals surface area contributed by atoms with Crippen LogP contribution in [-0.2, 0) is 25.6 Å². The van der Waals surface area contributed by atoms with Crippen molar-refractivity contribution in [2.75, 3.05) is 0 Å². The number of Topliss-reactive ketones (excluding diaryl/α,β-unsaturated/α-hetero) is 3. The number of amides is 1. The third kappa shape index (κ3) is 2.96. The van der Waals surface area contributed by atoms with Gasteiger partial charge in [0.1, 0.15) is 5.92 Å². The molecule has 0 aromatic heterocycles. The number of benzene rings is 1. The van der Waals surface area contributed by atoms with Gasteiger partial charge in [-0.25, -0.2) is 0 Å². The first kappa shape index (κ1) is 15.6. The minimum Gasteiger partial charge on any atom is -0.369 e. The highest BCUT2D eigenvalue weighted by Gasteiger charge is 2.52. The average molecular weight is 313 g/mol. The number of ketones is 3. The number of rotatable bonds is 5. The van der Waals surface area contributed by atoms with Crippen molar-refractivity contribution in [2.45, 2.75) is 32.1 Å². The Bertz CT molecular complexity index is 658. The fourth-order valence-electron chi connectivity index (χ4n) is 3.41. The monoisotopic (exact) mass is 313 g/mol. The van der Waals surface area contributed by atoms with E-state index < -0.39 is 28.8 Å². The van der Waals surface area contributed by atoms with Crippen LogP contribution in [0.4, 0.5) is 0 Å². The second-order valence-electron chi connectivity index (χ2n) is 6.70. The van der Waals surface area contributed by atoms with Gasteiger partial charge in [-0.2, -0.15) is 0 Å². The molecule has 0 unspecified atom stereocenters. The molecule has 1 amide bonds. The van der Waals surface area contributed by atoms with E-state index in [0.29, 0.717) is 0 Å². The van der Waals surface area contributed by atoms with Crippen LogP contribution in [0.2, 0.25) is 0 Å². The summed E-state index contributed by atoms with van der Waals surface area (Å²) in [6.45, 7) is 0. The van der Waals surface area contributed by atoms with Gasteiger partial charge in [0.25, 0.3) is 0 Å². The van der Waals surface area contributed by atoms with Gasteiger partial charge in [-0.3, -0.25) is 19.2 Å². The van der Waals surface area contributed by atoms with Crippen LogP contribution in [0, 0.1) is 17.3 Å². The van der Waals surface area contributed by atoms with Crippen molar-refractivity contribution in [1.29, 1.82) is 0 Å². The van der Waals surface area contributed by atoms with Gasteiger partial charge < -0.3 is 5.73 Å². The summed E-state index contributed by atoms with van der Waals surface area (Å²) in [6, 6.07) is 9.18. The molecule has 0 heterocycles. The quantitative estimate of drug-likeness (QED) is 0.827. The third-order valence-corrected chi connectivity index (χ3v) is 4.84. The Morgan fingerprint density at radius 2 is 1.61 bits per heavy atom. The zero-order chi connectivity index (χ0) is 16.6. The highest BCUT2D eigenvalue weighted by molar-refractivity contribution is 6.23. The summed E-state index contributed by atoms with van der Waals surface area (Å²) >= 11 is 0. The van der Waals surface area contributed by atoms with E-state index in [2.05, 4.69) is 0 Å². The molecule has 0 saturated heterocycles. The average Bonchev–Trinajstić information content (AvgIpc) is 3.31. The second kappa shape index (κ2) is 5.72. The predicted octanol–water partition coefficient (Wildman–Crippen LogP) is 1.23. The molecule has 0 atom stereocenters. The van der Waals surface area contributed by atoms with E-state index >= 15 is 0 Å². The number of nitrogens with two attached hydrogens (primary N) is 1. The van der Waals surface area contributed by atoms with Gasteiger partial charge >= 0.3 is 0 Å². The maximum atomic E-state index is 12.4. The van der Waals surface area contributed by atoms with Crippen molar-refractivity contribution >= 4 is 23.3 Å². The Balaban J connectivity index is 1.85. The topological polar surface area (TPSA) is 94.3 Å². The van der Waals surface area contributed by atoms with Crippen LogP contribution in [0.5, 0.6) is 0 Å². The van der Waals surface area contributed by atoms with Crippen LogP contribution in [0.1, 0.15) is 31.2 Å². The molecule has 120 valence electrons. The van der Waals surface area contributed by atoms with Crippen LogP contribution >= 0.6 is 0 Å². The highest BCUT2D eigenvalue weighted by Crippen LogP contribution is 2.41. The lowest BCUT2D eigenvalue weighted by molar-refractivity contribution is -0.151. The molecule has 2 N–H and O–H groups in total. The standard InChI is InChI=1S/C18H19NO4/c19-17(23)18(8-11-4-2-1-3-5-11)9-13(20)15(14(21)10-18)16(22)12-6-7-12/h1-5,12,15H,6-10H2,(H2,19,23). The van der Waals surface area contributed by atoms with E-state index in [4.69, 9.17) is 5.73 Å². The molecule has 3 rings (SSSR count). The zero-order valence-electron chi connectivity index (χ0n) is 12.8. The second-order valence-corrected chi connectivity index (χ2v) is 6.70. The van der Waals surface area contributed by atoms with E-state index in [-0.39, 0.29) is 31.0 Å². The van der Waals surface area contributed by atoms with E-state index in [1.807, 2.05) is 30.3 Å². The normalized spacial score (nSPS) is 27.7. The first-order valence-electron chi connectivity index (χ1n) is 7.86. The lowest BCUT2D eigenvalue weighted by Gasteiger charge is -2.35. The number of hydrogen-bond acceptors (Lipinski definition) is 4. The van der Waals surface area contributed by atoms with Crippen molar-refractivity contribution in [1.82, 2.24) is 0 Å². The molecule has 2 fully saturated rings. The Morgan fingerprint density at radius 3 is 2.09 bits per heavy atom. The molecule has 0 radical (unpaired) electrons. The van der Waals surface area contributed by atoms with Crippen molar-refractivity contribution in [3.8, 4) is 0 Å². The number of carbonyl (C=O) groups excluding carboxylic acids is 4. The molecular formula is C18H19NO4. The van der Waals surface area contributed by atoms with E-state index in [1.54, 1.807) is 0 Å². The van der Waals surface area contributed by atoms with Gasteiger partial charge in [0.15, 0.2) is 17.3 Å². The number of primary amides is 1. The summed E-state index contributed by atoms with van der Waals surface area (Å²) in [4.78, 5) is 49.1. The molecule has 2 aliphatic carbocycles. The third-order valence-electron chi connectivity index (χ3n) is 4.84. The number of hydrogen-bond donors (Lipinski definition) is 1. The fourth-order valence-corrected chi connectivity index (χ4v) is 3.41. The van der Waals surface area contributed by atoms with Crippen molar-refractivity contribution < 1.29 is 19.2 Å². The van der Waals surface area contributed by atoms with Crippen LogP contribution in [-0.4, -0.2) is 23.3 Å². The van der Waals surface area contributed by atoms with E-state index in [1.165, 1.54) is 0 Å². The summed E-state index contributed by atoms with van der Waals surface area (Å²) < 4.78 is 0. The van der Waals surface area contributed by atoms with Gasteiger partial charge in [0, 0.05) is 18.8 Å². The van der Waals surface area contributed by atoms with Crippen LogP contribution in [0.3, 0.4) is 0 Å². The fraction of sp³-hybridized carbons (Fsp3) is 0.444. The highest BCUT2D eigenvalue weighted by atomic mass is 16.2. The van der Waals surface area contributed by atoms with Gasteiger partial charge in [-0.15, -0.1) is 0 Å². The number of carbonyl (C=O) groups is 4. The lowest BCUT2D eigenvalue weighted by atomic mass is 9.64. The first-order valence-corrected chi connectivity index (χ1v) is 7.86. The maximum absolute atomic E-state index is 12.4. The van der Waals surface area contributed by atoms with Crippen molar-refractivity contribution in [2.24, 2.45) is 23.0 Å². The predicted molar refractivity (Wildman–Crippen MR) is 82.2 cm³/mol. The molecule has 0 aliphatic heterocycles. The molecule has 1 aromatic rings. The first-order chi connectivity index (χ1) is 10.9. The molecule has 23 heavy (non-hydrogen) atoms. The van der Waals surface area contributed by atoms with Crippen molar-refractivity contribution in [3.63, 3.8) is 0 Å². The van der Waals surface area contributed by atoms with E-state index in [9.17, 15) is 19.2 Å². The molecule has 2 aliphatic rings. The summed E-state index contributed by atoms with van der Waals surface area (Å²) in [6.07, 6.45) is 1.48. The molecule has 5 heteroatoms. The van der Waals surface area contributed by atoms with Gasteiger partial charge in [-0.1, -0.05) is 30.3 Å². The Kier molecular flexibility index (Phi) is 3.88. The van der Waals surface area contributed by atoms with Crippen molar-refractivity contribution in [3.05, 3.63) is 35.9 Å². The van der Waals surface area contributed by atoms with Crippen LogP contribution < -0.4 is 5.73 Å². The largest absolute Gasteiger partial charge is 0.369 e. The smallest absolute Gasteiger partial charge is 0.224 e. The zero-order valence-corrected chi connectivity index (χ0v) is 12.8. The molecule has 1 aromatic carbocycles. The molecular weight excluding hydrogens is 294 g/mol. The van der Waals surface area contributed by atoms with Gasteiger partial charge in [0.05, 0.1) is 5.41 Å². The van der Waals surface area contributed by atoms with Gasteiger partial charge in [-0.05, 0) is 24.8 Å². The van der Waals surface area contributed by atoms with Gasteiger partial charge in [0.2, 0.25) is 5.91 Å². The molecule has 0 bridgehead atoms. The SMILES string of the molecule is NC(=O)C1(Cc2ccccc2)CC(=O)C(C(=O)C2CC2)C(=O)C1. The summed E-state index contributed by atoms with van der Waals surface area (Å²) in [5.41, 5.74) is 5.17. The lowest BCUT2D eigenvalue weighted by Crippen LogP contribution is -2.51. The molecule has 0 spiro atoms. The van der Waals surface area contributed by atoms with Crippen LogP contribution in [0.25, 0.3) is 0 Å². The molecule has 5 nitrogen and oxygen atoms in total. The minimum atomic E-state index is -1.21.